The third-order valence-electron chi connectivity index (χ3n) is 3.73. The molecule has 2 unspecified atom stereocenters. The zero-order valence-electron chi connectivity index (χ0n) is 13.3. The van der Waals surface area contributed by atoms with Crippen LogP contribution in [0.3, 0.4) is 0 Å². The summed E-state index contributed by atoms with van der Waals surface area (Å²) in [4.78, 5) is 33.7. The molecule has 2 saturated heterocycles. The Morgan fingerprint density at radius 1 is 1.08 bits per heavy atom. The molecule has 134 valence electrons. The van der Waals surface area contributed by atoms with Crippen LogP contribution in [0.5, 0.6) is 0 Å². The molecule has 3 rings (SSSR count). The number of carbonyl (C=O) groups is 2. The first kappa shape index (κ1) is 17.3. The number of epoxide rings is 2. The molecular formula is C16H17NO8. The van der Waals surface area contributed by atoms with Gasteiger partial charge in [-0.15, -0.1) is 0 Å². The minimum atomic E-state index is -0.559. The average molecular weight is 351 g/mol. The highest BCUT2D eigenvalue weighted by Crippen LogP contribution is 2.23. The predicted octanol–water partition coefficient (Wildman–Crippen LogP) is 1.26. The van der Waals surface area contributed by atoms with E-state index in [0.29, 0.717) is 18.8 Å². The number of esters is 2. The van der Waals surface area contributed by atoms with Gasteiger partial charge >= 0.3 is 11.9 Å². The van der Waals surface area contributed by atoms with Gasteiger partial charge in [0.1, 0.15) is 13.2 Å². The summed E-state index contributed by atoms with van der Waals surface area (Å²) in [5.74, 6) is -0.873. The zero-order chi connectivity index (χ0) is 17.8. The van der Waals surface area contributed by atoms with Crippen LogP contribution in [0.1, 0.15) is 24.0 Å². The van der Waals surface area contributed by atoms with Crippen LogP contribution in [-0.4, -0.2) is 42.3 Å². The number of nitrogens with zero attached hydrogens (tertiary/aromatic N) is 1. The minimum Gasteiger partial charge on any atom is -0.461 e. The van der Waals surface area contributed by atoms with Crippen LogP contribution in [-0.2, 0) is 41.8 Å². The van der Waals surface area contributed by atoms with Gasteiger partial charge in [0, 0.05) is 6.07 Å². The molecule has 0 amide bonds. The van der Waals surface area contributed by atoms with E-state index in [1.165, 1.54) is 12.1 Å². The van der Waals surface area contributed by atoms with Gasteiger partial charge in [-0.2, -0.15) is 0 Å². The van der Waals surface area contributed by atoms with E-state index < -0.39 is 16.9 Å². The lowest BCUT2D eigenvalue weighted by atomic mass is 10.1. The van der Waals surface area contributed by atoms with Gasteiger partial charge in [-0.05, 0) is 11.6 Å². The molecule has 2 aliphatic rings. The lowest BCUT2D eigenvalue weighted by Crippen LogP contribution is -2.09. The second kappa shape index (κ2) is 7.58. The summed E-state index contributed by atoms with van der Waals surface area (Å²) in [6, 6.07) is 4.40. The van der Waals surface area contributed by atoms with Gasteiger partial charge in [0.2, 0.25) is 0 Å². The Bertz CT molecular complexity index is 681. The number of benzene rings is 1. The topological polar surface area (TPSA) is 121 Å². The quantitative estimate of drug-likeness (QED) is 0.282. The molecule has 2 atom stereocenters. The van der Waals surface area contributed by atoms with E-state index in [9.17, 15) is 19.7 Å². The number of ether oxygens (including phenoxy) is 4. The molecule has 0 saturated carbocycles. The summed E-state index contributed by atoms with van der Waals surface area (Å²) in [5.41, 5.74) is 0.573. The van der Waals surface area contributed by atoms with Crippen LogP contribution < -0.4 is 0 Å². The van der Waals surface area contributed by atoms with Gasteiger partial charge in [0.05, 0.1) is 48.8 Å². The average Bonchev–Trinajstić information content (AvgIpc) is 3.48. The van der Waals surface area contributed by atoms with Crippen LogP contribution in [0.2, 0.25) is 0 Å². The predicted molar refractivity (Wildman–Crippen MR) is 81.4 cm³/mol. The molecule has 2 fully saturated rings. The monoisotopic (exact) mass is 351 g/mol. The fourth-order valence-electron chi connectivity index (χ4n) is 2.17. The molecule has 2 aliphatic heterocycles. The lowest BCUT2D eigenvalue weighted by Gasteiger charge is -2.08. The van der Waals surface area contributed by atoms with Crippen molar-refractivity contribution in [2.75, 3.05) is 13.2 Å². The van der Waals surface area contributed by atoms with E-state index in [1.807, 2.05) is 0 Å². The zero-order valence-corrected chi connectivity index (χ0v) is 13.3. The maximum Gasteiger partial charge on any atom is 0.308 e. The number of nitro benzene ring substituents is 1. The van der Waals surface area contributed by atoms with E-state index in [2.05, 4.69) is 0 Å². The Labute approximate surface area is 142 Å². The number of hydrogen-bond acceptors (Lipinski definition) is 8. The van der Waals surface area contributed by atoms with Crippen molar-refractivity contribution < 1.29 is 33.5 Å². The SMILES string of the molecule is O=C(CC1CO1)OCc1ccc(COC(=O)CC2CO2)c([N+](=O)[O-])c1. The Morgan fingerprint density at radius 3 is 2.16 bits per heavy atom. The largest absolute Gasteiger partial charge is 0.461 e. The molecule has 0 radical (unpaired) electrons. The van der Waals surface area contributed by atoms with E-state index >= 15 is 0 Å². The fourth-order valence-corrected chi connectivity index (χ4v) is 2.17. The second-order valence-corrected chi connectivity index (χ2v) is 5.86. The molecule has 1 aromatic rings. The Balaban J connectivity index is 1.55. The number of hydrogen-bond donors (Lipinski definition) is 0. The maximum atomic E-state index is 11.5. The normalized spacial score (nSPS) is 20.6. The van der Waals surface area contributed by atoms with Gasteiger partial charge in [-0.3, -0.25) is 19.7 Å². The molecule has 2 heterocycles. The van der Waals surface area contributed by atoms with E-state index in [-0.39, 0.29) is 49.5 Å². The van der Waals surface area contributed by atoms with Gasteiger partial charge in [0.15, 0.2) is 0 Å². The van der Waals surface area contributed by atoms with E-state index in [1.54, 1.807) is 6.07 Å². The Kier molecular flexibility index (Phi) is 5.25. The molecule has 0 spiro atoms. The smallest absolute Gasteiger partial charge is 0.308 e. The van der Waals surface area contributed by atoms with Crippen molar-refractivity contribution in [2.45, 2.75) is 38.3 Å². The van der Waals surface area contributed by atoms with Crippen molar-refractivity contribution >= 4 is 17.6 Å². The molecule has 0 bridgehead atoms. The van der Waals surface area contributed by atoms with E-state index in [0.717, 1.165) is 0 Å². The first-order valence-corrected chi connectivity index (χ1v) is 7.82. The summed E-state index contributed by atoms with van der Waals surface area (Å²) in [7, 11) is 0. The summed E-state index contributed by atoms with van der Waals surface area (Å²) in [5, 5.41) is 11.2. The summed E-state index contributed by atoms with van der Waals surface area (Å²) < 4.78 is 20.0. The van der Waals surface area contributed by atoms with Crippen molar-refractivity contribution in [3.05, 3.63) is 39.4 Å². The number of carbonyl (C=O) groups excluding carboxylic acids is 2. The Hall–Kier alpha value is -2.52. The van der Waals surface area contributed by atoms with Gasteiger partial charge < -0.3 is 18.9 Å². The second-order valence-electron chi connectivity index (χ2n) is 5.86. The molecule has 0 aliphatic carbocycles. The van der Waals surface area contributed by atoms with Crippen molar-refractivity contribution in [1.29, 1.82) is 0 Å². The molecule has 0 N–H and O–H groups in total. The Morgan fingerprint density at radius 2 is 1.64 bits per heavy atom. The van der Waals surface area contributed by atoms with E-state index in [4.69, 9.17) is 18.9 Å². The first-order chi connectivity index (χ1) is 12.0. The molecule has 1 aromatic carbocycles. The molecule has 0 aromatic heterocycles. The van der Waals surface area contributed by atoms with Crippen molar-refractivity contribution in [3.8, 4) is 0 Å². The maximum absolute atomic E-state index is 11.5. The van der Waals surface area contributed by atoms with Crippen LogP contribution in [0.15, 0.2) is 18.2 Å². The standard InChI is InChI=1S/C16H17NO8/c18-15(4-12-8-22-12)24-6-10-1-2-11(14(3-10)17(20)21)7-25-16(19)5-13-9-23-13/h1-3,12-13H,4-9H2. The summed E-state index contributed by atoms with van der Waals surface area (Å²) in [6.45, 7) is 0.836. The third-order valence-corrected chi connectivity index (χ3v) is 3.73. The van der Waals surface area contributed by atoms with Gasteiger partial charge in [-0.25, -0.2) is 0 Å². The molecule has 9 heteroatoms. The van der Waals surface area contributed by atoms with Crippen LogP contribution in [0, 0.1) is 10.1 Å². The summed E-state index contributed by atoms with van der Waals surface area (Å²) >= 11 is 0. The minimum absolute atomic E-state index is 0.0640. The fraction of sp³-hybridized carbons (Fsp3) is 0.500. The highest BCUT2D eigenvalue weighted by molar-refractivity contribution is 5.71. The van der Waals surface area contributed by atoms with Crippen LogP contribution >= 0.6 is 0 Å². The van der Waals surface area contributed by atoms with Crippen molar-refractivity contribution in [2.24, 2.45) is 0 Å². The highest BCUT2D eigenvalue weighted by atomic mass is 16.6. The molecular weight excluding hydrogens is 334 g/mol. The molecule has 9 nitrogen and oxygen atoms in total. The van der Waals surface area contributed by atoms with Crippen molar-refractivity contribution in [1.82, 2.24) is 0 Å². The molecule has 25 heavy (non-hydrogen) atoms. The van der Waals surface area contributed by atoms with Crippen molar-refractivity contribution in [3.63, 3.8) is 0 Å². The van der Waals surface area contributed by atoms with Gasteiger partial charge in [-0.1, -0.05) is 6.07 Å². The number of nitro groups is 1. The number of rotatable bonds is 9. The van der Waals surface area contributed by atoms with Gasteiger partial charge in [0.25, 0.3) is 5.69 Å². The first-order valence-electron chi connectivity index (χ1n) is 7.82. The van der Waals surface area contributed by atoms with Crippen LogP contribution in [0.4, 0.5) is 5.69 Å². The third kappa shape index (κ3) is 5.50. The van der Waals surface area contributed by atoms with Crippen LogP contribution in [0.25, 0.3) is 0 Å². The highest BCUT2D eigenvalue weighted by Gasteiger charge is 2.27. The summed E-state index contributed by atoms with van der Waals surface area (Å²) in [6.07, 6.45) is 0.161. The lowest BCUT2D eigenvalue weighted by molar-refractivity contribution is -0.385.